The number of aromatic nitrogens is 2. The summed E-state index contributed by atoms with van der Waals surface area (Å²) in [7, 11) is 0. The van der Waals surface area contributed by atoms with Crippen molar-refractivity contribution in [2.45, 2.75) is 18.9 Å². The number of ether oxygens (including phenoxy) is 1. The molecule has 0 fully saturated rings. The molecule has 3 aromatic rings. The number of carbonyl (C=O) groups excluding carboxylic acids is 1. The highest BCUT2D eigenvalue weighted by molar-refractivity contribution is 5.95. The van der Waals surface area contributed by atoms with Gasteiger partial charge in [-0.1, -0.05) is 30.3 Å². The van der Waals surface area contributed by atoms with Crippen LogP contribution in [0.1, 0.15) is 29.0 Å². The Kier molecular flexibility index (Phi) is 4.89. The van der Waals surface area contributed by atoms with Crippen molar-refractivity contribution in [3.8, 4) is 5.75 Å². The molecule has 2 N–H and O–H groups in total. The molecule has 1 aliphatic heterocycles. The lowest BCUT2D eigenvalue weighted by Gasteiger charge is -2.28. The fraction of sp³-hybridized carbons (Fsp3) is 0.238. The topological polar surface area (TPSA) is 76.4 Å². The van der Waals surface area contributed by atoms with Crippen LogP contribution in [0.3, 0.4) is 0 Å². The number of benzene rings is 2. The van der Waals surface area contributed by atoms with Gasteiger partial charge in [0.05, 0.1) is 13.2 Å². The van der Waals surface area contributed by atoms with Gasteiger partial charge in [-0.3, -0.25) is 9.48 Å². The Hall–Kier alpha value is -3.12. The minimum Gasteiger partial charge on any atom is -0.491 e. The quantitative estimate of drug-likeness (QED) is 0.706. The summed E-state index contributed by atoms with van der Waals surface area (Å²) in [6, 6.07) is 15.8. The summed E-state index contributed by atoms with van der Waals surface area (Å²) in [5.41, 5.74) is 4.11. The second-order valence-corrected chi connectivity index (χ2v) is 6.53. The normalized spacial score (nSPS) is 15.9. The van der Waals surface area contributed by atoms with Crippen LogP contribution in [0.25, 0.3) is 0 Å². The third-order valence-corrected chi connectivity index (χ3v) is 4.75. The van der Waals surface area contributed by atoms with Gasteiger partial charge in [-0.2, -0.15) is 5.10 Å². The largest absolute Gasteiger partial charge is 0.491 e. The molecular formula is C21H21N3O3. The summed E-state index contributed by atoms with van der Waals surface area (Å²) in [4.78, 5) is 12.4. The number of aliphatic hydroxyl groups excluding tert-OH is 1. The van der Waals surface area contributed by atoms with Gasteiger partial charge in [-0.15, -0.1) is 0 Å². The van der Waals surface area contributed by atoms with Gasteiger partial charge in [0, 0.05) is 36.5 Å². The van der Waals surface area contributed by atoms with Crippen LogP contribution >= 0.6 is 0 Å². The third kappa shape index (κ3) is 3.71. The molecule has 4 rings (SSSR count). The zero-order chi connectivity index (χ0) is 18.6. The number of hydrogen-bond donors (Lipinski definition) is 2. The lowest BCUT2D eigenvalue weighted by atomic mass is 9.82. The van der Waals surface area contributed by atoms with Crippen LogP contribution in [0.5, 0.6) is 5.75 Å². The molecule has 1 aliphatic rings. The van der Waals surface area contributed by atoms with Crippen LogP contribution in [0.2, 0.25) is 0 Å². The number of carbonyl (C=O) groups is 1. The van der Waals surface area contributed by atoms with Crippen molar-refractivity contribution in [1.82, 2.24) is 9.78 Å². The summed E-state index contributed by atoms with van der Waals surface area (Å²) in [5.74, 6) is 0.599. The molecule has 1 unspecified atom stereocenters. The smallest absolute Gasteiger partial charge is 0.225 e. The number of amides is 1. The summed E-state index contributed by atoms with van der Waals surface area (Å²) in [5, 5.41) is 16.2. The SMILES string of the molecule is O=C1CC(c2ccccc2Cn2cccn2)c2ccc(OCCO)cc2N1. The number of hydrogen-bond acceptors (Lipinski definition) is 4. The van der Waals surface area contributed by atoms with Crippen molar-refractivity contribution < 1.29 is 14.6 Å². The molecule has 1 amide bonds. The average Bonchev–Trinajstić information content (AvgIpc) is 3.19. The highest BCUT2D eigenvalue weighted by Gasteiger charge is 2.28. The summed E-state index contributed by atoms with van der Waals surface area (Å²) in [6.45, 7) is 0.837. The van der Waals surface area contributed by atoms with E-state index in [0.717, 1.165) is 22.4 Å². The van der Waals surface area contributed by atoms with Gasteiger partial charge in [-0.05, 0) is 28.8 Å². The summed E-state index contributed by atoms with van der Waals surface area (Å²) in [6.07, 6.45) is 4.10. The van der Waals surface area contributed by atoms with Crippen LogP contribution in [0.15, 0.2) is 60.9 Å². The Balaban J connectivity index is 1.70. The lowest BCUT2D eigenvalue weighted by Crippen LogP contribution is -2.24. The number of fused-ring (bicyclic) bond motifs is 1. The molecule has 1 aromatic heterocycles. The summed E-state index contributed by atoms with van der Waals surface area (Å²) >= 11 is 0. The van der Waals surface area contributed by atoms with Gasteiger partial charge in [0.15, 0.2) is 0 Å². The molecule has 27 heavy (non-hydrogen) atoms. The van der Waals surface area contributed by atoms with E-state index >= 15 is 0 Å². The van der Waals surface area contributed by atoms with Gasteiger partial charge < -0.3 is 15.2 Å². The van der Waals surface area contributed by atoms with Crippen LogP contribution in [-0.4, -0.2) is 34.0 Å². The van der Waals surface area contributed by atoms with E-state index in [1.807, 2.05) is 47.3 Å². The van der Waals surface area contributed by atoms with E-state index in [0.29, 0.717) is 18.7 Å². The van der Waals surface area contributed by atoms with E-state index < -0.39 is 0 Å². The minimum atomic E-state index is -0.0487. The van der Waals surface area contributed by atoms with Crippen molar-refractivity contribution in [1.29, 1.82) is 0 Å². The molecule has 138 valence electrons. The molecule has 0 saturated carbocycles. The van der Waals surface area contributed by atoms with Crippen LogP contribution < -0.4 is 10.1 Å². The monoisotopic (exact) mass is 363 g/mol. The van der Waals surface area contributed by atoms with Crippen molar-refractivity contribution in [2.24, 2.45) is 0 Å². The molecular weight excluding hydrogens is 342 g/mol. The Labute approximate surface area is 157 Å². The molecule has 1 atom stereocenters. The second-order valence-electron chi connectivity index (χ2n) is 6.53. The Morgan fingerprint density at radius 1 is 1.19 bits per heavy atom. The number of anilines is 1. The number of aliphatic hydroxyl groups is 1. The van der Waals surface area contributed by atoms with Gasteiger partial charge in [0.25, 0.3) is 0 Å². The van der Waals surface area contributed by atoms with Crippen molar-refractivity contribution in [2.75, 3.05) is 18.5 Å². The Bertz CT molecular complexity index is 938. The zero-order valence-corrected chi connectivity index (χ0v) is 14.8. The summed E-state index contributed by atoms with van der Waals surface area (Å²) < 4.78 is 7.36. The molecule has 0 aliphatic carbocycles. The maximum absolute atomic E-state index is 12.4. The van der Waals surface area contributed by atoms with Crippen molar-refractivity contribution >= 4 is 11.6 Å². The van der Waals surface area contributed by atoms with Crippen molar-refractivity contribution in [3.05, 3.63) is 77.6 Å². The zero-order valence-electron chi connectivity index (χ0n) is 14.8. The van der Waals surface area contributed by atoms with Gasteiger partial charge in [-0.25, -0.2) is 0 Å². The first-order valence-corrected chi connectivity index (χ1v) is 8.97. The Morgan fingerprint density at radius 3 is 2.89 bits per heavy atom. The van der Waals surface area contributed by atoms with E-state index in [-0.39, 0.29) is 25.0 Å². The third-order valence-electron chi connectivity index (χ3n) is 4.75. The molecule has 6 heteroatoms. The standard InChI is InChI=1S/C21H21N3O3/c25-10-11-27-16-6-7-18-19(13-21(26)23-20(18)12-16)17-5-2-1-4-15(17)14-24-9-3-8-22-24/h1-9,12,19,25H,10-11,13-14H2,(H,23,26). The van der Waals surface area contributed by atoms with Crippen LogP contribution in [0.4, 0.5) is 5.69 Å². The number of nitrogens with zero attached hydrogens (tertiary/aromatic N) is 2. The second kappa shape index (κ2) is 7.63. The minimum absolute atomic E-state index is 0.0132. The predicted octanol–water partition coefficient (Wildman–Crippen LogP) is 2.78. The van der Waals surface area contributed by atoms with E-state index in [9.17, 15) is 4.79 Å². The molecule has 2 heterocycles. The van der Waals surface area contributed by atoms with E-state index in [1.54, 1.807) is 6.20 Å². The van der Waals surface area contributed by atoms with Crippen LogP contribution in [-0.2, 0) is 11.3 Å². The van der Waals surface area contributed by atoms with Gasteiger partial charge in [0.1, 0.15) is 12.4 Å². The van der Waals surface area contributed by atoms with Gasteiger partial charge >= 0.3 is 0 Å². The van der Waals surface area contributed by atoms with Gasteiger partial charge in [0.2, 0.25) is 5.91 Å². The Morgan fingerprint density at radius 2 is 2.07 bits per heavy atom. The maximum Gasteiger partial charge on any atom is 0.225 e. The highest BCUT2D eigenvalue weighted by Crippen LogP contribution is 2.40. The lowest BCUT2D eigenvalue weighted by molar-refractivity contribution is -0.116. The highest BCUT2D eigenvalue weighted by atomic mass is 16.5. The molecule has 0 saturated heterocycles. The van der Waals surface area contributed by atoms with E-state index in [4.69, 9.17) is 9.84 Å². The van der Waals surface area contributed by atoms with Crippen LogP contribution in [0, 0.1) is 0 Å². The average molecular weight is 363 g/mol. The predicted molar refractivity (Wildman–Crippen MR) is 102 cm³/mol. The molecule has 0 bridgehead atoms. The number of rotatable bonds is 6. The first-order chi connectivity index (χ1) is 13.2. The number of nitrogens with one attached hydrogen (secondary N) is 1. The van der Waals surface area contributed by atoms with E-state index in [1.165, 1.54) is 0 Å². The van der Waals surface area contributed by atoms with Crippen molar-refractivity contribution in [3.63, 3.8) is 0 Å². The first kappa shape index (κ1) is 17.3. The van der Waals surface area contributed by atoms with E-state index in [2.05, 4.69) is 22.5 Å². The molecule has 0 radical (unpaired) electrons. The molecule has 6 nitrogen and oxygen atoms in total. The maximum atomic E-state index is 12.4. The molecule has 2 aromatic carbocycles. The molecule has 0 spiro atoms. The fourth-order valence-electron chi connectivity index (χ4n) is 3.56. The first-order valence-electron chi connectivity index (χ1n) is 8.97. The fourth-order valence-corrected chi connectivity index (χ4v) is 3.56.